The van der Waals surface area contributed by atoms with Gasteiger partial charge in [0, 0.05) is 7.05 Å². The summed E-state index contributed by atoms with van der Waals surface area (Å²) < 4.78 is 24.8. The second-order valence-electron chi connectivity index (χ2n) is 6.76. The fourth-order valence-corrected chi connectivity index (χ4v) is 3.16. The largest absolute Gasteiger partial charge is 0.345 e. The van der Waals surface area contributed by atoms with Crippen LogP contribution in [0.4, 0.5) is 5.69 Å². The molecule has 0 radical (unpaired) electrons. The molecule has 0 aliphatic carbocycles. The molecule has 0 aliphatic heterocycles. The highest BCUT2D eigenvalue weighted by Crippen LogP contribution is 2.23. The van der Waals surface area contributed by atoms with Crippen LogP contribution in [-0.4, -0.2) is 27.6 Å². The van der Waals surface area contributed by atoms with Gasteiger partial charge in [-0.2, -0.15) is 0 Å². The first kappa shape index (κ1) is 20.0. The Morgan fingerprint density at radius 1 is 0.962 bits per heavy atom. The number of para-hydroxylation sites is 1. The topological polar surface area (TPSA) is 66.5 Å². The molecule has 0 aromatic heterocycles. The van der Waals surface area contributed by atoms with E-state index in [0.29, 0.717) is 17.2 Å². The van der Waals surface area contributed by atoms with Crippen molar-refractivity contribution in [1.82, 2.24) is 5.32 Å². The van der Waals surface area contributed by atoms with E-state index in [4.69, 9.17) is 0 Å². The van der Waals surface area contributed by atoms with Gasteiger partial charge in [0.15, 0.2) is 0 Å². The maximum Gasteiger partial charge on any atom is 0.253 e. The molecule has 0 saturated carbocycles. The van der Waals surface area contributed by atoms with E-state index < -0.39 is 10.0 Å². The second kappa shape index (κ2) is 7.91. The number of hydrogen-bond acceptors (Lipinski definition) is 3. The SMILES string of the molecule is CC(C)c1ccc([C@H](C)NC(=O)c2ccccc2N(C)S(C)(=O)=O)cc1. The third-order valence-electron chi connectivity index (χ3n) is 4.44. The molecular formula is C20H26N2O3S. The van der Waals surface area contributed by atoms with E-state index in [-0.39, 0.29) is 11.9 Å². The van der Waals surface area contributed by atoms with Crippen LogP contribution in [0.15, 0.2) is 48.5 Å². The Labute approximate surface area is 156 Å². The number of carbonyl (C=O) groups is 1. The van der Waals surface area contributed by atoms with Crippen molar-refractivity contribution in [3.8, 4) is 0 Å². The van der Waals surface area contributed by atoms with Crippen LogP contribution in [0.2, 0.25) is 0 Å². The van der Waals surface area contributed by atoms with Gasteiger partial charge in [0.1, 0.15) is 0 Å². The van der Waals surface area contributed by atoms with Crippen molar-refractivity contribution in [3.63, 3.8) is 0 Å². The van der Waals surface area contributed by atoms with Crippen LogP contribution in [0.3, 0.4) is 0 Å². The Kier molecular flexibility index (Phi) is 6.08. The summed E-state index contributed by atoms with van der Waals surface area (Å²) in [5.74, 6) is 0.142. The van der Waals surface area contributed by atoms with Crippen LogP contribution in [0.1, 0.15) is 54.2 Å². The smallest absolute Gasteiger partial charge is 0.253 e. The molecule has 0 aliphatic rings. The van der Waals surface area contributed by atoms with Crippen molar-refractivity contribution in [2.45, 2.75) is 32.7 Å². The van der Waals surface area contributed by atoms with E-state index in [2.05, 4.69) is 31.3 Å². The van der Waals surface area contributed by atoms with Crippen molar-refractivity contribution in [3.05, 3.63) is 65.2 Å². The Bertz CT molecular complexity index is 874. The highest BCUT2D eigenvalue weighted by molar-refractivity contribution is 7.92. The second-order valence-corrected chi connectivity index (χ2v) is 8.78. The Morgan fingerprint density at radius 2 is 1.50 bits per heavy atom. The van der Waals surface area contributed by atoms with E-state index in [1.54, 1.807) is 24.3 Å². The summed E-state index contributed by atoms with van der Waals surface area (Å²) in [5, 5.41) is 2.95. The van der Waals surface area contributed by atoms with Crippen LogP contribution < -0.4 is 9.62 Å². The first-order valence-corrected chi connectivity index (χ1v) is 10.4. The van der Waals surface area contributed by atoms with E-state index in [0.717, 1.165) is 16.1 Å². The zero-order valence-corrected chi connectivity index (χ0v) is 16.7. The number of benzene rings is 2. The van der Waals surface area contributed by atoms with E-state index in [1.165, 1.54) is 12.6 Å². The minimum absolute atomic E-state index is 0.194. The fourth-order valence-electron chi connectivity index (χ4n) is 2.65. The lowest BCUT2D eigenvalue weighted by Gasteiger charge is -2.21. The molecule has 5 nitrogen and oxygen atoms in total. The number of sulfonamides is 1. The van der Waals surface area contributed by atoms with E-state index >= 15 is 0 Å². The first-order chi connectivity index (χ1) is 12.1. The van der Waals surface area contributed by atoms with Crippen LogP contribution >= 0.6 is 0 Å². The molecule has 1 amide bonds. The van der Waals surface area contributed by atoms with Gasteiger partial charge in [-0.1, -0.05) is 50.2 Å². The maximum atomic E-state index is 12.7. The summed E-state index contributed by atoms with van der Waals surface area (Å²) in [5.41, 5.74) is 2.92. The first-order valence-electron chi connectivity index (χ1n) is 8.55. The van der Waals surface area contributed by atoms with Gasteiger partial charge in [0.25, 0.3) is 5.91 Å². The van der Waals surface area contributed by atoms with Gasteiger partial charge in [0.05, 0.1) is 23.5 Å². The molecule has 1 atom stereocenters. The standard InChI is InChI=1S/C20H26N2O3S/c1-14(2)16-10-12-17(13-11-16)15(3)21-20(23)18-8-6-7-9-19(18)22(4)26(5,24)25/h6-15H,1-5H3,(H,21,23)/t15-/m0/s1. The minimum atomic E-state index is -3.45. The van der Waals surface area contributed by atoms with Crippen molar-refractivity contribution in [2.24, 2.45) is 0 Å². The summed E-state index contributed by atoms with van der Waals surface area (Å²) >= 11 is 0. The highest BCUT2D eigenvalue weighted by Gasteiger charge is 2.20. The van der Waals surface area contributed by atoms with Gasteiger partial charge in [-0.25, -0.2) is 8.42 Å². The van der Waals surface area contributed by atoms with Gasteiger partial charge in [-0.05, 0) is 36.1 Å². The lowest BCUT2D eigenvalue weighted by molar-refractivity contribution is 0.0940. The van der Waals surface area contributed by atoms with Crippen molar-refractivity contribution < 1.29 is 13.2 Å². The molecule has 2 aromatic rings. The Morgan fingerprint density at radius 3 is 2.04 bits per heavy atom. The number of amides is 1. The third-order valence-corrected chi connectivity index (χ3v) is 5.63. The summed E-state index contributed by atoms with van der Waals surface area (Å²) in [7, 11) is -2.01. The molecule has 1 N–H and O–H groups in total. The number of hydrogen-bond donors (Lipinski definition) is 1. The quantitative estimate of drug-likeness (QED) is 0.838. The molecular weight excluding hydrogens is 348 g/mol. The summed E-state index contributed by atoms with van der Waals surface area (Å²) in [6.45, 7) is 6.18. The van der Waals surface area contributed by atoms with Crippen molar-refractivity contribution in [1.29, 1.82) is 0 Å². The van der Waals surface area contributed by atoms with Crippen LogP contribution in [0, 0.1) is 0 Å². The predicted molar refractivity (Wildman–Crippen MR) is 106 cm³/mol. The van der Waals surface area contributed by atoms with Gasteiger partial charge >= 0.3 is 0 Å². The molecule has 6 heteroatoms. The summed E-state index contributed by atoms with van der Waals surface area (Å²) in [4.78, 5) is 12.7. The number of nitrogens with one attached hydrogen (secondary N) is 1. The predicted octanol–water partition coefficient (Wildman–Crippen LogP) is 3.70. The minimum Gasteiger partial charge on any atom is -0.345 e. The molecule has 0 unspecified atom stereocenters. The van der Waals surface area contributed by atoms with Gasteiger partial charge in [-0.15, -0.1) is 0 Å². The molecule has 0 spiro atoms. The Hall–Kier alpha value is -2.34. The number of carbonyl (C=O) groups excluding carboxylic acids is 1. The van der Waals surface area contributed by atoms with Crippen LogP contribution in [0.5, 0.6) is 0 Å². The molecule has 0 heterocycles. The maximum absolute atomic E-state index is 12.7. The van der Waals surface area contributed by atoms with Crippen LogP contribution in [0.25, 0.3) is 0 Å². The lowest BCUT2D eigenvalue weighted by Crippen LogP contribution is -2.31. The van der Waals surface area contributed by atoms with Crippen molar-refractivity contribution in [2.75, 3.05) is 17.6 Å². The number of nitrogens with zero attached hydrogens (tertiary/aromatic N) is 1. The zero-order chi connectivity index (χ0) is 19.5. The van der Waals surface area contributed by atoms with E-state index in [1.807, 2.05) is 19.1 Å². The average Bonchev–Trinajstić information content (AvgIpc) is 2.60. The van der Waals surface area contributed by atoms with Gasteiger partial charge in [-0.3, -0.25) is 9.10 Å². The molecule has 0 saturated heterocycles. The average molecular weight is 375 g/mol. The summed E-state index contributed by atoms with van der Waals surface area (Å²) in [6, 6.07) is 14.6. The van der Waals surface area contributed by atoms with Gasteiger partial charge < -0.3 is 5.32 Å². The van der Waals surface area contributed by atoms with Crippen LogP contribution in [-0.2, 0) is 10.0 Å². The molecule has 2 rings (SSSR count). The number of anilines is 1. The monoisotopic (exact) mass is 374 g/mol. The summed E-state index contributed by atoms with van der Waals surface area (Å²) in [6.07, 6.45) is 1.11. The molecule has 0 fully saturated rings. The van der Waals surface area contributed by atoms with Crippen molar-refractivity contribution >= 4 is 21.6 Å². The van der Waals surface area contributed by atoms with E-state index in [9.17, 15) is 13.2 Å². The normalized spacial score (nSPS) is 12.7. The molecule has 140 valence electrons. The Balaban J connectivity index is 2.22. The molecule has 26 heavy (non-hydrogen) atoms. The molecule has 0 bridgehead atoms. The molecule has 2 aromatic carbocycles. The van der Waals surface area contributed by atoms with Gasteiger partial charge in [0.2, 0.25) is 10.0 Å². The lowest BCUT2D eigenvalue weighted by atomic mass is 9.99. The fraction of sp³-hybridized carbons (Fsp3) is 0.350. The number of rotatable bonds is 6. The third kappa shape index (κ3) is 4.64. The zero-order valence-electron chi connectivity index (χ0n) is 15.9. The highest BCUT2D eigenvalue weighted by atomic mass is 32.2.